The Morgan fingerprint density at radius 1 is 1.08 bits per heavy atom. The Hall–Kier alpha value is -3.02. The van der Waals surface area contributed by atoms with Crippen LogP contribution in [-0.4, -0.2) is 29.0 Å². The summed E-state index contributed by atoms with van der Waals surface area (Å²) in [6.07, 6.45) is 4.12. The van der Waals surface area contributed by atoms with Crippen molar-refractivity contribution in [1.29, 1.82) is 0 Å². The van der Waals surface area contributed by atoms with E-state index in [4.69, 9.17) is 0 Å². The molecule has 0 spiro atoms. The molecule has 6 heteroatoms. The van der Waals surface area contributed by atoms with Gasteiger partial charge < -0.3 is 10.2 Å². The van der Waals surface area contributed by atoms with E-state index in [2.05, 4.69) is 20.2 Å². The van der Waals surface area contributed by atoms with Gasteiger partial charge in [-0.05, 0) is 48.7 Å². The summed E-state index contributed by atoms with van der Waals surface area (Å²) in [6, 6.07) is 11.6. The van der Waals surface area contributed by atoms with Crippen LogP contribution in [0.1, 0.15) is 18.4 Å². The first-order chi connectivity index (χ1) is 12.7. The molecule has 26 heavy (non-hydrogen) atoms. The summed E-state index contributed by atoms with van der Waals surface area (Å²) in [5.74, 6) is 0.468. The lowest BCUT2D eigenvalue weighted by atomic mass is 10.1. The van der Waals surface area contributed by atoms with Crippen LogP contribution in [0.15, 0.2) is 48.8 Å². The number of aromatic nitrogens is 2. The SMILES string of the molecule is O=C(Cc1ccc(F)cc1)Nc1ccc2ncnc(N3CCCC3)c2c1. The van der Waals surface area contributed by atoms with Gasteiger partial charge in [-0.15, -0.1) is 0 Å². The molecule has 3 aromatic rings. The molecule has 132 valence electrons. The predicted octanol–water partition coefficient (Wildman–Crippen LogP) is 3.55. The van der Waals surface area contributed by atoms with Crippen LogP contribution < -0.4 is 10.2 Å². The highest BCUT2D eigenvalue weighted by Gasteiger charge is 2.17. The second kappa shape index (κ2) is 7.07. The molecule has 1 aromatic heterocycles. The minimum Gasteiger partial charge on any atom is -0.356 e. The molecule has 0 bridgehead atoms. The zero-order valence-electron chi connectivity index (χ0n) is 14.3. The van der Waals surface area contributed by atoms with Crippen molar-refractivity contribution in [3.05, 3.63) is 60.2 Å². The van der Waals surface area contributed by atoms with E-state index in [0.29, 0.717) is 5.69 Å². The normalized spacial score (nSPS) is 14.0. The summed E-state index contributed by atoms with van der Waals surface area (Å²) in [5, 5.41) is 3.85. The van der Waals surface area contributed by atoms with Crippen LogP contribution in [0, 0.1) is 5.82 Å². The summed E-state index contributed by atoms with van der Waals surface area (Å²) in [5.41, 5.74) is 2.34. The topological polar surface area (TPSA) is 58.1 Å². The number of carbonyl (C=O) groups is 1. The Labute approximate surface area is 150 Å². The van der Waals surface area contributed by atoms with Gasteiger partial charge in [-0.25, -0.2) is 14.4 Å². The van der Waals surface area contributed by atoms with Gasteiger partial charge in [0.05, 0.1) is 11.9 Å². The predicted molar refractivity (Wildman–Crippen MR) is 99.7 cm³/mol. The van der Waals surface area contributed by atoms with Crippen molar-refractivity contribution >= 4 is 28.3 Å². The highest BCUT2D eigenvalue weighted by atomic mass is 19.1. The van der Waals surface area contributed by atoms with Crippen LogP contribution in [0.2, 0.25) is 0 Å². The average molecular weight is 350 g/mol. The number of amides is 1. The van der Waals surface area contributed by atoms with Crippen molar-refractivity contribution in [2.24, 2.45) is 0 Å². The van der Waals surface area contributed by atoms with Gasteiger partial charge in [-0.3, -0.25) is 4.79 Å². The number of halogens is 1. The zero-order valence-corrected chi connectivity index (χ0v) is 14.3. The van der Waals surface area contributed by atoms with Gasteiger partial charge >= 0.3 is 0 Å². The number of benzene rings is 2. The Kier molecular flexibility index (Phi) is 4.48. The molecule has 1 saturated heterocycles. The molecule has 0 radical (unpaired) electrons. The number of hydrogen-bond donors (Lipinski definition) is 1. The first-order valence-corrected chi connectivity index (χ1v) is 8.73. The van der Waals surface area contributed by atoms with Crippen molar-refractivity contribution in [2.45, 2.75) is 19.3 Å². The molecule has 2 heterocycles. The number of nitrogens with zero attached hydrogens (tertiary/aromatic N) is 3. The molecule has 2 aromatic carbocycles. The molecule has 0 aliphatic carbocycles. The molecule has 1 aliphatic rings. The van der Waals surface area contributed by atoms with Gasteiger partial charge in [-0.2, -0.15) is 0 Å². The van der Waals surface area contributed by atoms with E-state index in [1.807, 2.05) is 18.2 Å². The van der Waals surface area contributed by atoms with Crippen LogP contribution in [0.3, 0.4) is 0 Å². The van der Waals surface area contributed by atoms with Gasteiger partial charge in [0.25, 0.3) is 0 Å². The van der Waals surface area contributed by atoms with Crippen LogP contribution in [0.5, 0.6) is 0 Å². The van der Waals surface area contributed by atoms with Crippen LogP contribution in [0.25, 0.3) is 10.9 Å². The third-order valence-electron chi connectivity index (χ3n) is 4.58. The van der Waals surface area contributed by atoms with Crippen molar-refractivity contribution in [2.75, 3.05) is 23.3 Å². The minimum atomic E-state index is -0.307. The molecule has 0 saturated carbocycles. The lowest BCUT2D eigenvalue weighted by Crippen LogP contribution is -2.19. The first-order valence-electron chi connectivity index (χ1n) is 8.73. The van der Waals surface area contributed by atoms with Crippen LogP contribution in [-0.2, 0) is 11.2 Å². The van der Waals surface area contributed by atoms with E-state index in [1.165, 1.54) is 25.0 Å². The maximum absolute atomic E-state index is 13.0. The number of rotatable bonds is 4. The molecule has 1 amide bonds. The number of carbonyl (C=O) groups excluding carboxylic acids is 1. The third-order valence-corrected chi connectivity index (χ3v) is 4.58. The molecule has 4 rings (SSSR count). The summed E-state index contributed by atoms with van der Waals surface area (Å²) in [7, 11) is 0. The number of fused-ring (bicyclic) bond motifs is 1. The minimum absolute atomic E-state index is 0.143. The van der Waals surface area contributed by atoms with E-state index >= 15 is 0 Å². The van der Waals surface area contributed by atoms with Crippen LogP contribution >= 0.6 is 0 Å². The molecular weight excluding hydrogens is 331 g/mol. The van der Waals surface area contributed by atoms with E-state index in [9.17, 15) is 9.18 Å². The quantitative estimate of drug-likeness (QED) is 0.782. The summed E-state index contributed by atoms with van der Waals surface area (Å²) < 4.78 is 13.0. The fourth-order valence-corrected chi connectivity index (χ4v) is 3.29. The third kappa shape index (κ3) is 3.49. The second-order valence-corrected chi connectivity index (χ2v) is 6.47. The molecule has 5 nitrogen and oxygen atoms in total. The van der Waals surface area contributed by atoms with Crippen LogP contribution in [0.4, 0.5) is 15.9 Å². The molecular formula is C20H19FN4O. The van der Waals surface area contributed by atoms with E-state index in [0.717, 1.165) is 35.4 Å². The monoisotopic (exact) mass is 350 g/mol. The molecule has 0 atom stereocenters. The largest absolute Gasteiger partial charge is 0.356 e. The Morgan fingerprint density at radius 2 is 1.85 bits per heavy atom. The van der Waals surface area contributed by atoms with E-state index in [-0.39, 0.29) is 18.1 Å². The van der Waals surface area contributed by atoms with Gasteiger partial charge in [0, 0.05) is 24.2 Å². The fraction of sp³-hybridized carbons (Fsp3) is 0.250. The Bertz CT molecular complexity index is 936. The maximum atomic E-state index is 13.0. The smallest absolute Gasteiger partial charge is 0.228 e. The standard InChI is InChI=1S/C20H19FN4O/c21-15-5-3-14(4-6-15)11-19(26)24-16-7-8-18-17(12-16)20(23-13-22-18)25-9-1-2-10-25/h3-8,12-13H,1-2,9-11H2,(H,24,26). The average Bonchev–Trinajstić information content (AvgIpc) is 3.17. The second-order valence-electron chi connectivity index (χ2n) is 6.47. The molecule has 1 fully saturated rings. The zero-order chi connectivity index (χ0) is 17.9. The van der Waals surface area contributed by atoms with Gasteiger partial charge in [0.2, 0.25) is 5.91 Å². The van der Waals surface area contributed by atoms with Crippen molar-refractivity contribution in [3.8, 4) is 0 Å². The Balaban J connectivity index is 1.55. The molecule has 1 aliphatic heterocycles. The van der Waals surface area contributed by atoms with E-state index < -0.39 is 0 Å². The highest BCUT2D eigenvalue weighted by Crippen LogP contribution is 2.28. The number of hydrogen-bond acceptors (Lipinski definition) is 4. The fourth-order valence-electron chi connectivity index (χ4n) is 3.29. The van der Waals surface area contributed by atoms with Crippen molar-refractivity contribution in [1.82, 2.24) is 9.97 Å². The van der Waals surface area contributed by atoms with Crippen molar-refractivity contribution < 1.29 is 9.18 Å². The maximum Gasteiger partial charge on any atom is 0.228 e. The lowest BCUT2D eigenvalue weighted by molar-refractivity contribution is -0.115. The number of anilines is 2. The lowest BCUT2D eigenvalue weighted by Gasteiger charge is -2.18. The van der Waals surface area contributed by atoms with Gasteiger partial charge in [0.1, 0.15) is 18.0 Å². The molecule has 1 N–H and O–H groups in total. The summed E-state index contributed by atoms with van der Waals surface area (Å²) in [6.45, 7) is 1.99. The van der Waals surface area contributed by atoms with E-state index in [1.54, 1.807) is 18.5 Å². The summed E-state index contributed by atoms with van der Waals surface area (Å²) >= 11 is 0. The highest BCUT2D eigenvalue weighted by molar-refractivity contribution is 5.97. The number of nitrogens with one attached hydrogen (secondary N) is 1. The van der Waals surface area contributed by atoms with Crippen molar-refractivity contribution in [3.63, 3.8) is 0 Å². The summed E-state index contributed by atoms with van der Waals surface area (Å²) in [4.78, 5) is 23.3. The van der Waals surface area contributed by atoms with Gasteiger partial charge in [0.15, 0.2) is 0 Å². The first kappa shape index (κ1) is 16.4. The Morgan fingerprint density at radius 3 is 2.62 bits per heavy atom. The molecule has 0 unspecified atom stereocenters. The van der Waals surface area contributed by atoms with Gasteiger partial charge in [-0.1, -0.05) is 12.1 Å².